The summed E-state index contributed by atoms with van der Waals surface area (Å²) in [7, 11) is 0. The Bertz CT molecular complexity index is 1110. The molecule has 0 aliphatic carbocycles. The minimum Gasteiger partial charge on any atom is -0.379 e. The fourth-order valence-corrected chi connectivity index (χ4v) is 4.46. The number of amides is 3. The molecule has 3 aliphatic rings. The monoisotopic (exact) mass is 447 g/mol. The van der Waals surface area contributed by atoms with Crippen LogP contribution in [0.1, 0.15) is 34.3 Å². The topological polar surface area (TPSA) is 104 Å². The van der Waals surface area contributed by atoms with Crippen LogP contribution >= 0.6 is 0 Å². The summed E-state index contributed by atoms with van der Waals surface area (Å²) in [6, 6.07) is 12.6. The van der Waals surface area contributed by atoms with Crippen molar-refractivity contribution in [2.24, 2.45) is 10.2 Å². The van der Waals surface area contributed by atoms with Gasteiger partial charge in [0.1, 0.15) is 6.04 Å². The standard InChI is InChI=1S/C24H25N5O4/c30-22-9-8-21(23(31)25-22)29-15-19-18(24(29)32)2-1-3-20(19)27-26-17-6-4-16(5-7-17)14-28-10-12-33-13-11-28/h1-7,21H,8-15H2,(H,25,30,31)/b27-26+. The van der Waals surface area contributed by atoms with Crippen molar-refractivity contribution < 1.29 is 19.1 Å². The van der Waals surface area contributed by atoms with Gasteiger partial charge in [-0.1, -0.05) is 18.2 Å². The fourth-order valence-electron chi connectivity index (χ4n) is 4.46. The van der Waals surface area contributed by atoms with Crippen molar-refractivity contribution in [3.63, 3.8) is 0 Å². The van der Waals surface area contributed by atoms with Gasteiger partial charge < -0.3 is 9.64 Å². The third kappa shape index (κ3) is 4.55. The van der Waals surface area contributed by atoms with Crippen LogP contribution in [0.4, 0.5) is 11.4 Å². The summed E-state index contributed by atoms with van der Waals surface area (Å²) >= 11 is 0. The Balaban J connectivity index is 1.29. The second kappa shape index (κ2) is 9.21. The lowest BCUT2D eigenvalue weighted by Gasteiger charge is -2.29. The Kier molecular flexibility index (Phi) is 5.97. The highest BCUT2D eigenvalue weighted by Crippen LogP contribution is 2.34. The summed E-state index contributed by atoms with van der Waals surface area (Å²) in [4.78, 5) is 40.5. The van der Waals surface area contributed by atoms with Gasteiger partial charge in [0.05, 0.1) is 24.6 Å². The van der Waals surface area contributed by atoms with Gasteiger partial charge in [-0.2, -0.15) is 10.2 Å². The van der Waals surface area contributed by atoms with Crippen LogP contribution in [-0.2, 0) is 27.4 Å². The van der Waals surface area contributed by atoms with Crippen LogP contribution in [0.15, 0.2) is 52.7 Å². The van der Waals surface area contributed by atoms with Crippen LogP contribution in [0.5, 0.6) is 0 Å². The van der Waals surface area contributed by atoms with E-state index in [1.54, 1.807) is 12.1 Å². The third-order valence-electron chi connectivity index (χ3n) is 6.28. The van der Waals surface area contributed by atoms with E-state index in [4.69, 9.17) is 4.74 Å². The van der Waals surface area contributed by atoms with Crippen molar-refractivity contribution >= 4 is 29.1 Å². The van der Waals surface area contributed by atoms with Gasteiger partial charge in [-0.05, 0) is 36.2 Å². The van der Waals surface area contributed by atoms with E-state index in [-0.39, 0.29) is 24.8 Å². The lowest BCUT2D eigenvalue weighted by atomic mass is 10.0. The number of nitrogens with zero attached hydrogens (tertiary/aromatic N) is 4. The quantitative estimate of drug-likeness (QED) is 0.561. The number of carbonyl (C=O) groups excluding carboxylic acids is 3. The highest BCUT2D eigenvalue weighted by molar-refractivity contribution is 6.06. The summed E-state index contributed by atoms with van der Waals surface area (Å²) in [6.45, 7) is 4.58. The SMILES string of the molecule is O=C1CCC(N2Cc3c(/N=N/c4ccc(CN5CCOCC5)cc4)cccc3C2=O)C(=O)N1. The molecule has 0 aromatic heterocycles. The fraction of sp³-hybridized carbons (Fsp3) is 0.375. The predicted molar refractivity (Wildman–Crippen MR) is 119 cm³/mol. The Hall–Kier alpha value is -3.43. The largest absolute Gasteiger partial charge is 0.379 e. The van der Waals surface area contributed by atoms with E-state index in [0.717, 1.165) is 44.1 Å². The summed E-state index contributed by atoms with van der Waals surface area (Å²) in [5, 5.41) is 11.1. The zero-order chi connectivity index (χ0) is 22.8. The molecule has 3 aliphatic heterocycles. The van der Waals surface area contributed by atoms with E-state index in [1.807, 2.05) is 30.3 Å². The first-order valence-electron chi connectivity index (χ1n) is 11.2. The Morgan fingerprint density at radius 1 is 1.00 bits per heavy atom. The third-order valence-corrected chi connectivity index (χ3v) is 6.28. The number of hydrogen-bond acceptors (Lipinski definition) is 7. The molecule has 3 amide bonds. The Morgan fingerprint density at radius 3 is 2.55 bits per heavy atom. The number of nitrogens with one attached hydrogen (secondary N) is 1. The molecular weight excluding hydrogens is 422 g/mol. The average molecular weight is 447 g/mol. The molecule has 0 saturated carbocycles. The Morgan fingerprint density at radius 2 is 1.79 bits per heavy atom. The van der Waals surface area contributed by atoms with Gasteiger partial charge in [-0.25, -0.2) is 0 Å². The number of benzene rings is 2. The molecule has 9 nitrogen and oxygen atoms in total. The van der Waals surface area contributed by atoms with Crippen LogP contribution in [0.3, 0.4) is 0 Å². The maximum Gasteiger partial charge on any atom is 0.255 e. The van der Waals surface area contributed by atoms with Gasteiger partial charge in [0.25, 0.3) is 5.91 Å². The van der Waals surface area contributed by atoms with Crippen molar-refractivity contribution in [3.05, 3.63) is 59.2 Å². The minimum atomic E-state index is -0.647. The van der Waals surface area contributed by atoms with E-state index in [1.165, 1.54) is 10.5 Å². The highest BCUT2D eigenvalue weighted by Gasteiger charge is 2.39. The lowest BCUT2D eigenvalue weighted by molar-refractivity contribution is -0.136. The van der Waals surface area contributed by atoms with Crippen molar-refractivity contribution in [2.75, 3.05) is 26.3 Å². The molecule has 0 bridgehead atoms. The lowest BCUT2D eigenvalue weighted by Crippen LogP contribution is -2.52. The van der Waals surface area contributed by atoms with Gasteiger partial charge in [0.15, 0.2) is 0 Å². The highest BCUT2D eigenvalue weighted by atomic mass is 16.5. The van der Waals surface area contributed by atoms with Crippen molar-refractivity contribution in [1.82, 2.24) is 15.1 Å². The number of carbonyl (C=O) groups is 3. The van der Waals surface area contributed by atoms with E-state index < -0.39 is 11.9 Å². The van der Waals surface area contributed by atoms with E-state index in [9.17, 15) is 14.4 Å². The van der Waals surface area contributed by atoms with Crippen LogP contribution < -0.4 is 5.32 Å². The number of ether oxygens (including phenoxy) is 1. The zero-order valence-electron chi connectivity index (χ0n) is 18.2. The molecule has 1 N–H and O–H groups in total. The van der Waals surface area contributed by atoms with Crippen molar-refractivity contribution in [1.29, 1.82) is 0 Å². The number of piperidine rings is 1. The van der Waals surface area contributed by atoms with Gasteiger partial charge in [-0.15, -0.1) is 0 Å². The van der Waals surface area contributed by atoms with Crippen molar-refractivity contribution in [3.8, 4) is 0 Å². The predicted octanol–water partition coefficient (Wildman–Crippen LogP) is 2.70. The first kappa shape index (κ1) is 21.4. The second-order valence-electron chi connectivity index (χ2n) is 8.46. The van der Waals surface area contributed by atoms with Gasteiger partial charge in [0.2, 0.25) is 11.8 Å². The zero-order valence-corrected chi connectivity index (χ0v) is 18.2. The van der Waals surface area contributed by atoms with Gasteiger partial charge >= 0.3 is 0 Å². The summed E-state index contributed by atoms with van der Waals surface area (Å²) < 4.78 is 5.39. The number of morpholine rings is 1. The number of azo groups is 1. The molecule has 5 rings (SSSR count). The van der Waals surface area contributed by atoms with Crippen LogP contribution in [0.2, 0.25) is 0 Å². The molecule has 2 aromatic rings. The summed E-state index contributed by atoms with van der Waals surface area (Å²) in [5.41, 5.74) is 3.82. The van der Waals surface area contributed by atoms with Gasteiger partial charge in [-0.3, -0.25) is 24.6 Å². The van der Waals surface area contributed by atoms with Crippen LogP contribution in [-0.4, -0.2) is 59.9 Å². The average Bonchev–Trinajstić information content (AvgIpc) is 3.16. The van der Waals surface area contributed by atoms with E-state index in [0.29, 0.717) is 17.7 Å². The Labute approximate surface area is 191 Å². The van der Waals surface area contributed by atoms with Crippen molar-refractivity contribution in [2.45, 2.75) is 32.0 Å². The molecule has 2 fully saturated rings. The van der Waals surface area contributed by atoms with E-state index >= 15 is 0 Å². The molecule has 2 aromatic carbocycles. The molecule has 0 radical (unpaired) electrons. The molecule has 2 saturated heterocycles. The normalized spacial score (nSPS) is 21.5. The maximum atomic E-state index is 12.9. The molecule has 3 heterocycles. The maximum absolute atomic E-state index is 12.9. The molecule has 170 valence electrons. The molecule has 0 spiro atoms. The summed E-state index contributed by atoms with van der Waals surface area (Å²) in [6.07, 6.45) is 0.558. The molecular formula is C24H25N5O4. The smallest absolute Gasteiger partial charge is 0.255 e. The first-order chi connectivity index (χ1) is 16.1. The van der Waals surface area contributed by atoms with Crippen LogP contribution in [0.25, 0.3) is 0 Å². The number of fused-ring (bicyclic) bond motifs is 1. The number of imide groups is 1. The molecule has 1 unspecified atom stereocenters. The first-order valence-corrected chi connectivity index (χ1v) is 11.2. The van der Waals surface area contributed by atoms with Gasteiger partial charge in [0, 0.05) is 43.7 Å². The van der Waals surface area contributed by atoms with E-state index in [2.05, 4.69) is 20.4 Å². The molecule has 1 atom stereocenters. The second-order valence-corrected chi connectivity index (χ2v) is 8.46. The number of hydrogen-bond donors (Lipinski definition) is 1. The number of rotatable bonds is 5. The minimum absolute atomic E-state index is 0.219. The van der Waals surface area contributed by atoms with Crippen LogP contribution in [0, 0.1) is 0 Å². The molecule has 9 heteroatoms. The molecule has 33 heavy (non-hydrogen) atoms. The summed E-state index contributed by atoms with van der Waals surface area (Å²) in [5.74, 6) is -0.942.